The first kappa shape index (κ1) is 21.8. The second-order valence-electron chi connectivity index (χ2n) is 9.36. The fourth-order valence-corrected chi connectivity index (χ4v) is 5.09. The molecule has 0 radical (unpaired) electrons. The van der Waals surface area contributed by atoms with Crippen LogP contribution in [0.15, 0.2) is 54.6 Å². The molecule has 0 bridgehead atoms. The molecule has 0 spiro atoms. The lowest BCUT2D eigenvalue weighted by Crippen LogP contribution is -2.37. The van der Waals surface area contributed by atoms with Crippen molar-refractivity contribution in [1.29, 1.82) is 0 Å². The molecule has 5 rings (SSSR count). The molecule has 1 aromatic heterocycles. The molecule has 170 valence electrons. The quantitative estimate of drug-likeness (QED) is 0.544. The Morgan fingerprint density at radius 3 is 2.52 bits per heavy atom. The second-order valence-corrected chi connectivity index (χ2v) is 9.36. The Labute approximate surface area is 196 Å². The van der Waals surface area contributed by atoms with Gasteiger partial charge in [0.15, 0.2) is 0 Å². The summed E-state index contributed by atoms with van der Waals surface area (Å²) in [6.45, 7) is 6.79. The van der Waals surface area contributed by atoms with Crippen LogP contribution in [0, 0.1) is 13.8 Å². The second kappa shape index (κ2) is 9.44. The van der Waals surface area contributed by atoms with Gasteiger partial charge in [-0.3, -0.25) is 14.6 Å². The van der Waals surface area contributed by atoms with Crippen molar-refractivity contribution in [2.75, 3.05) is 18.0 Å². The number of nitrogens with zero attached hydrogens (tertiary/aromatic N) is 4. The van der Waals surface area contributed by atoms with Crippen LogP contribution >= 0.6 is 0 Å². The number of benzene rings is 2. The third kappa shape index (κ3) is 4.69. The highest BCUT2D eigenvalue weighted by molar-refractivity contribution is 5.95. The van der Waals surface area contributed by atoms with E-state index in [4.69, 9.17) is 9.97 Å². The van der Waals surface area contributed by atoms with Crippen molar-refractivity contribution in [3.8, 4) is 0 Å². The van der Waals surface area contributed by atoms with Gasteiger partial charge in [0, 0.05) is 24.2 Å². The Morgan fingerprint density at radius 2 is 1.73 bits per heavy atom. The van der Waals surface area contributed by atoms with Crippen LogP contribution in [-0.4, -0.2) is 33.9 Å². The van der Waals surface area contributed by atoms with E-state index < -0.39 is 0 Å². The number of aryl methyl sites for hydroxylation is 2. The fourth-order valence-electron chi connectivity index (χ4n) is 5.09. The van der Waals surface area contributed by atoms with Gasteiger partial charge >= 0.3 is 0 Å². The number of carbonyl (C=O) groups excluding carboxylic acids is 1. The van der Waals surface area contributed by atoms with Crippen LogP contribution < -0.4 is 4.90 Å². The van der Waals surface area contributed by atoms with Crippen molar-refractivity contribution in [1.82, 2.24) is 14.9 Å². The molecule has 2 aliphatic heterocycles. The number of hydrogen-bond acceptors (Lipinski definition) is 4. The molecule has 1 saturated heterocycles. The van der Waals surface area contributed by atoms with Crippen molar-refractivity contribution < 1.29 is 4.79 Å². The van der Waals surface area contributed by atoms with E-state index in [9.17, 15) is 4.79 Å². The van der Waals surface area contributed by atoms with Crippen molar-refractivity contribution >= 4 is 11.7 Å². The van der Waals surface area contributed by atoms with Crippen LogP contribution in [0.3, 0.4) is 0 Å². The number of carbonyl (C=O) groups is 1. The first-order valence-electron chi connectivity index (χ1n) is 12.1. The molecule has 2 aliphatic rings. The monoisotopic (exact) mass is 440 g/mol. The summed E-state index contributed by atoms with van der Waals surface area (Å²) in [5.74, 6) is 1.85. The zero-order chi connectivity index (χ0) is 22.8. The van der Waals surface area contributed by atoms with Gasteiger partial charge in [-0.2, -0.15) is 0 Å². The zero-order valence-corrected chi connectivity index (χ0v) is 19.6. The minimum atomic E-state index is 0.152. The minimum Gasteiger partial charge on any atom is -0.293 e. The molecule has 0 saturated carbocycles. The van der Waals surface area contributed by atoms with E-state index in [0.29, 0.717) is 13.0 Å². The third-order valence-corrected chi connectivity index (χ3v) is 7.01. The molecule has 1 fully saturated rings. The van der Waals surface area contributed by atoms with Gasteiger partial charge in [-0.25, -0.2) is 9.97 Å². The van der Waals surface area contributed by atoms with Crippen molar-refractivity contribution in [3.05, 3.63) is 88.4 Å². The minimum absolute atomic E-state index is 0.152. The molecule has 0 N–H and O–H groups in total. The predicted octanol–water partition coefficient (Wildman–Crippen LogP) is 4.95. The van der Waals surface area contributed by atoms with Crippen LogP contribution in [0.2, 0.25) is 0 Å². The first-order valence-corrected chi connectivity index (χ1v) is 12.1. The van der Waals surface area contributed by atoms with E-state index >= 15 is 0 Å². The maximum atomic E-state index is 13.0. The number of amides is 1. The smallest absolute Gasteiger partial charge is 0.228 e. The lowest BCUT2D eigenvalue weighted by molar-refractivity contribution is -0.119. The fraction of sp³-hybridized carbons (Fsp3) is 0.393. The molecule has 5 heteroatoms. The van der Waals surface area contributed by atoms with Gasteiger partial charge in [-0.15, -0.1) is 0 Å². The van der Waals surface area contributed by atoms with E-state index in [1.165, 1.54) is 11.1 Å². The molecule has 0 aliphatic carbocycles. The molecule has 5 nitrogen and oxygen atoms in total. The summed E-state index contributed by atoms with van der Waals surface area (Å²) in [6.07, 6.45) is 4.51. The van der Waals surface area contributed by atoms with Crippen molar-refractivity contribution in [2.24, 2.45) is 0 Å². The summed E-state index contributed by atoms with van der Waals surface area (Å²) in [5.41, 5.74) is 5.86. The molecular formula is C28H32N4O. The number of anilines is 1. The van der Waals surface area contributed by atoms with E-state index in [-0.39, 0.29) is 11.9 Å². The molecule has 1 amide bonds. The van der Waals surface area contributed by atoms with E-state index in [2.05, 4.69) is 73.3 Å². The Balaban J connectivity index is 1.41. The summed E-state index contributed by atoms with van der Waals surface area (Å²) in [6, 6.07) is 19.3. The normalized spacial score (nSPS) is 18.5. The average Bonchev–Trinajstić information content (AvgIpc) is 3.30. The van der Waals surface area contributed by atoms with Gasteiger partial charge in [0.1, 0.15) is 11.6 Å². The lowest BCUT2D eigenvalue weighted by Gasteiger charge is -2.31. The lowest BCUT2D eigenvalue weighted by atomic mass is 10.0. The first-order chi connectivity index (χ1) is 16.1. The standard InChI is InChI=1S/C28H32N4O/c1-20-10-12-23(13-11-20)19-32-26(33)15-14-24-21(2)29-27(30-28(24)32)25-9-6-17-31(25)18-16-22-7-4-3-5-8-22/h3-5,7-8,10-13,25H,6,9,14-19H2,1-2H3/t25-/m1/s1. The molecule has 3 heterocycles. The molecule has 2 aromatic carbocycles. The maximum absolute atomic E-state index is 13.0. The van der Waals surface area contributed by atoms with Gasteiger partial charge in [0.25, 0.3) is 0 Å². The summed E-state index contributed by atoms with van der Waals surface area (Å²) in [4.78, 5) is 27.4. The highest BCUT2D eigenvalue weighted by Gasteiger charge is 2.32. The molecule has 1 atom stereocenters. The van der Waals surface area contributed by atoms with Gasteiger partial charge in [0.05, 0.1) is 12.6 Å². The topological polar surface area (TPSA) is 49.3 Å². The summed E-state index contributed by atoms with van der Waals surface area (Å²) in [5, 5.41) is 0. The van der Waals surface area contributed by atoms with Crippen LogP contribution in [0.4, 0.5) is 5.82 Å². The van der Waals surface area contributed by atoms with Crippen molar-refractivity contribution in [3.63, 3.8) is 0 Å². The van der Waals surface area contributed by atoms with E-state index in [1.807, 2.05) is 4.90 Å². The Kier molecular flexibility index (Phi) is 6.23. The number of hydrogen-bond donors (Lipinski definition) is 0. The van der Waals surface area contributed by atoms with Crippen LogP contribution in [0.1, 0.15) is 59.1 Å². The highest BCUT2D eigenvalue weighted by Crippen LogP contribution is 2.35. The van der Waals surface area contributed by atoms with E-state index in [1.54, 1.807) is 0 Å². The number of fused-ring (bicyclic) bond motifs is 1. The highest BCUT2D eigenvalue weighted by atomic mass is 16.2. The molecular weight excluding hydrogens is 408 g/mol. The Morgan fingerprint density at radius 1 is 0.939 bits per heavy atom. The van der Waals surface area contributed by atoms with Gasteiger partial charge in [-0.05, 0) is 57.2 Å². The maximum Gasteiger partial charge on any atom is 0.228 e. The van der Waals surface area contributed by atoms with E-state index in [0.717, 1.165) is 67.2 Å². The Bertz CT molecular complexity index is 1130. The van der Waals surface area contributed by atoms with Crippen LogP contribution in [0.25, 0.3) is 0 Å². The number of likely N-dealkylation sites (tertiary alicyclic amines) is 1. The van der Waals surface area contributed by atoms with Crippen LogP contribution in [-0.2, 0) is 24.2 Å². The third-order valence-electron chi connectivity index (χ3n) is 7.01. The zero-order valence-electron chi connectivity index (χ0n) is 19.6. The average molecular weight is 441 g/mol. The molecule has 0 unspecified atom stereocenters. The summed E-state index contributed by atoms with van der Waals surface area (Å²) in [7, 11) is 0. The predicted molar refractivity (Wildman–Crippen MR) is 131 cm³/mol. The molecule has 3 aromatic rings. The van der Waals surface area contributed by atoms with Gasteiger partial charge in [-0.1, -0.05) is 60.2 Å². The summed E-state index contributed by atoms with van der Waals surface area (Å²) < 4.78 is 0. The number of aromatic nitrogens is 2. The SMILES string of the molecule is Cc1ccc(CN2C(=O)CCc3c(C)nc([C@H]4CCCN4CCc4ccccc4)nc32)cc1. The number of rotatable bonds is 6. The van der Waals surface area contributed by atoms with Gasteiger partial charge in [0.2, 0.25) is 5.91 Å². The molecule has 33 heavy (non-hydrogen) atoms. The van der Waals surface area contributed by atoms with Gasteiger partial charge < -0.3 is 0 Å². The largest absolute Gasteiger partial charge is 0.293 e. The van der Waals surface area contributed by atoms with Crippen molar-refractivity contribution in [2.45, 2.75) is 58.5 Å². The Hall–Kier alpha value is -3.05. The summed E-state index contributed by atoms with van der Waals surface area (Å²) >= 11 is 0. The van der Waals surface area contributed by atoms with Crippen LogP contribution in [0.5, 0.6) is 0 Å².